The molecule has 0 amide bonds. The topological polar surface area (TPSA) is 49.5 Å². The molecule has 0 aliphatic carbocycles. The number of nitrogens with two attached hydrogens (primary N) is 1. The number of likely N-dealkylation sites (tertiary alicyclic amines) is 1. The summed E-state index contributed by atoms with van der Waals surface area (Å²) in [5.74, 6) is 0.936. The van der Waals surface area contributed by atoms with Gasteiger partial charge in [-0.3, -0.25) is 0 Å². The van der Waals surface area contributed by atoms with Gasteiger partial charge in [0.2, 0.25) is 0 Å². The van der Waals surface area contributed by atoms with E-state index in [4.69, 9.17) is 5.73 Å². The van der Waals surface area contributed by atoms with E-state index in [-0.39, 0.29) is 6.61 Å². The maximum atomic E-state index is 9.21. The number of piperidine rings is 1. The van der Waals surface area contributed by atoms with E-state index in [1.54, 1.807) is 0 Å². The van der Waals surface area contributed by atoms with Crippen LogP contribution in [0, 0.1) is 5.92 Å². The van der Waals surface area contributed by atoms with Crippen molar-refractivity contribution in [3.05, 3.63) is 0 Å². The number of aliphatic hydroxyl groups excluding tert-OH is 1. The highest BCUT2D eigenvalue weighted by Gasteiger charge is 2.27. The summed E-state index contributed by atoms with van der Waals surface area (Å²) >= 11 is 0. The number of hydrogen-bond donors (Lipinski definition) is 2. The first-order chi connectivity index (χ1) is 7.98. The molecule has 0 aromatic rings. The zero-order chi connectivity index (χ0) is 12.9. The Morgan fingerprint density at radius 3 is 2.47 bits per heavy atom. The highest BCUT2D eigenvalue weighted by Crippen LogP contribution is 2.24. The molecule has 0 aromatic carbocycles. The first-order valence-corrected chi connectivity index (χ1v) is 7.12. The van der Waals surface area contributed by atoms with Crippen molar-refractivity contribution in [2.75, 3.05) is 19.7 Å². The highest BCUT2D eigenvalue weighted by molar-refractivity contribution is 4.85. The van der Waals surface area contributed by atoms with Gasteiger partial charge < -0.3 is 15.7 Å². The Hall–Kier alpha value is -0.120. The van der Waals surface area contributed by atoms with E-state index in [0.717, 1.165) is 12.3 Å². The smallest absolute Gasteiger partial charge is 0.0609 e. The van der Waals surface area contributed by atoms with Gasteiger partial charge in [0, 0.05) is 11.6 Å². The quantitative estimate of drug-likeness (QED) is 0.749. The molecule has 0 bridgehead atoms. The van der Waals surface area contributed by atoms with Gasteiger partial charge in [0.1, 0.15) is 0 Å². The fourth-order valence-corrected chi connectivity index (χ4v) is 2.96. The van der Waals surface area contributed by atoms with Gasteiger partial charge in [-0.1, -0.05) is 19.8 Å². The minimum atomic E-state index is -0.431. The summed E-state index contributed by atoms with van der Waals surface area (Å²) in [6, 6.07) is 0.486. The van der Waals surface area contributed by atoms with Crippen molar-refractivity contribution in [2.24, 2.45) is 11.7 Å². The van der Waals surface area contributed by atoms with Crippen LogP contribution in [-0.2, 0) is 0 Å². The van der Waals surface area contributed by atoms with Gasteiger partial charge in [0.05, 0.1) is 6.61 Å². The zero-order valence-corrected chi connectivity index (χ0v) is 11.8. The van der Waals surface area contributed by atoms with Gasteiger partial charge in [-0.25, -0.2) is 0 Å². The summed E-state index contributed by atoms with van der Waals surface area (Å²) in [7, 11) is 0. The second kappa shape index (κ2) is 6.72. The van der Waals surface area contributed by atoms with E-state index in [9.17, 15) is 5.11 Å². The lowest BCUT2D eigenvalue weighted by Crippen LogP contribution is -2.49. The minimum absolute atomic E-state index is 0.0731. The molecule has 0 spiro atoms. The van der Waals surface area contributed by atoms with Crippen LogP contribution in [-0.4, -0.2) is 41.3 Å². The normalized spacial score (nSPS) is 24.5. The molecule has 1 aliphatic rings. The van der Waals surface area contributed by atoms with Crippen LogP contribution in [0.2, 0.25) is 0 Å². The van der Waals surface area contributed by atoms with Crippen LogP contribution in [0.3, 0.4) is 0 Å². The molecule has 1 aliphatic heterocycles. The first kappa shape index (κ1) is 14.9. The molecule has 2 unspecified atom stereocenters. The molecule has 102 valence electrons. The molecule has 0 aromatic heterocycles. The van der Waals surface area contributed by atoms with Gasteiger partial charge in [-0.2, -0.15) is 0 Å². The lowest BCUT2D eigenvalue weighted by atomic mass is 9.89. The lowest BCUT2D eigenvalue weighted by molar-refractivity contribution is 0.102. The van der Waals surface area contributed by atoms with Gasteiger partial charge in [-0.15, -0.1) is 0 Å². The second-order valence-electron chi connectivity index (χ2n) is 6.13. The SMILES string of the molecule is CCCC1CCN(C(C)CC(C)(N)CO)CC1. The molecule has 3 heteroatoms. The average molecular weight is 242 g/mol. The summed E-state index contributed by atoms with van der Waals surface area (Å²) in [6.07, 6.45) is 6.23. The van der Waals surface area contributed by atoms with Crippen molar-refractivity contribution in [1.82, 2.24) is 4.90 Å². The summed E-state index contributed by atoms with van der Waals surface area (Å²) in [5.41, 5.74) is 5.59. The van der Waals surface area contributed by atoms with Crippen molar-refractivity contribution in [2.45, 2.75) is 64.5 Å². The van der Waals surface area contributed by atoms with Crippen LogP contribution in [0.4, 0.5) is 0 Å². The predicted octanol–water partition coefficient (Wildman–Crippen LogP) is 1.99. The average Bonchev–Trinajstić information content (AvgIpc) is 2.30. The predicted molar refractivity (Wildman–Crippen MR) is 73.0 cm³/mol. The van der Waals surface area contributed by atoms with Gasteiger partial charge in [0.15, 0.2) is 0 Å². The number of nitrogens with zero attached hydrogens (tertiary/aromatic N) is 1. The Bertz CT molecular complexity index is 210. The molecule has 0 saturated carbocycles. The molecule has 3 N–H and O–H groups in total. The molecule has 17 heavy (non-hydrogen) atoms. The third-order valence-corrected chi connectivity index (χ3v) is 4.09. The lowest BCUT2D eigenvalue weighted by Gasteiger charge is -2.38. The molecule has 1 rings (SSSR count). The molecule has 1 saturated heterocycles. The van der Waals surface area contributed by atoms with Crippen molar-refractivity contribution in [1.29, 1.82) is 0 Å². The third-order valence-electron chi connectivity index (χ3n) is 4.09. The summed E-state index contributed by atoms with van der Waals surface area (Å²) in [4.78, 5) is 2.53. The largest absolute Gasteiger partial charge is 0.394 e. The standard InChI is InChI=1S/C14H30N2O/c1-4-5-13-6-8-16(9-7-13)12(2)10-14(3,15)11-17/h12-13,17H,4-11,15H2,1-3H3. The van der Waals surface area contributed by atoms with Crippen molar-refractivity contribution in [3.63, 3.8) is 0 Å². The van der Waals surface area contributed by atoms with Gasteiger partial charge in [0.25, 0.3) is 0 Å². The summed E-state index contributed by atoms with van der Waals surface area (Å²) in [6.45, 7) is 8.93. The molecular weight excluding hydrogens is 212 g/mol. The van der Waals surface area contributed by atoms with E-state index in [1.807, 2.05) is 6.92 Å². The Balaban J connectivity index is 2.33. The Kier molecular flexibility index (Phi) is 5.90. The third kappa shape index (κ3) is 4.94. The molecule has 1 fully saturated rings. The van der Waals surface area contributed by atoms with Crippen LogP contribution >= 0.6 is 0 Å². The monoisotopic (exact) mass is 242 g/mol. The maximum absolute atomic E-state index is 9.21. The molecule has 3 nitrogen and oxygen atoms in total. The van der Waals surface area contributed by atoms with E-state index in [0.29, 0.717) is 6.04 Å². The van der Waals surface area contributed by atoms with Gasteiger partial charge in [-0.05, 0) is 52.1 Å². The van der Waals surface area contributed by atoms with Crippen LogP contribution < -0.4 is 5.73 Å². The van der Waals surface area contributed by atoms with E-state index in [2.05, 4.69) is 18.7 Å². The van der Waals surface area contributed by atoms with Crippen LogP contribution in [0.1, 0.15) is 52.9 Å². The highest BCUT2D eigenvalue weighted by atomic mass is 16.3. The van der Waals surface area contributed by atoms with E-state index in [1.165, 1.54) is 38.8 Å². The first-order valence-electron chi connectivity index (χ1n) is 7.12. The van der Waals surface area contributed by atoms with Crippen molar-refractivity contribution < 1.29 is 5.11 Å². The molecule has 1 heterocycles. The maximum Gasteiger partial charge on any atom is 0.0609 e. The van der Waals surface area contributed by atoms with Gasteiger partial charge >= 0.3 is 0 Å². The molecular formula is C14H30N2O. The minimum Gasteiger partial charge on any atom is -0.394 e. The fraction of sp³-hybridized carbons (Fsp3) is 1.00. The summed E-state index contributed by atoms with van der Waals surface area (Å²) in [5, 5.41) is 9.21. The van der Waals surface area contributed by atoms with E-state index >= 15 is 0 Å². The Morgan fingerprint density at radius 2 is 2.00 bits per heavy atom. The second-order valence-corrected chi connectivity index (χ2v) is 6.13. The van der Waals surface area contributed by atoms with Crippen molar-refractivity contribution in [3.8, 4) is 0 Å². The van der Waals surface area contributed by atoms with Crippen LogP contribution in [0.15, 0.2) is 0 Å². The summed E-state index contributed by atoms with van der Waals surface area (Å²) < 4.78 is 0. The zero-order valence-electron chi connectivity index (χ0n) is 11.8. The van der Waals surface area contributed by atoms with Crippen molar-refractivity contribution >= 4 is 0 Å². The molecule has 2 atom stereocenters. The Labute approximate surface area is 106 Å². The number of aliphatic hydroxyl groups is 1. The Morgan fingerprint density at radius 1 is 1.41 bits per heavy atom. The van der Waals surface area contributed by atoms with Crippen LogP contribution in [0.5, 0.6) is 0 Å². The van der Waals surface area contributed by atoms with Crippen LogP contribution in [0.25, 0.3) is 0 Å². The number of rotatable bonds is 6. The van der Waals surface area contributed by atoms with E-state index < -0.39 is 5.54 Å². The fourth-order valence-electron chi connectivity index (χ4n) is 2.96. The number of hydrogen-bond acceptors (Lipinski definition) is 3. The molecule has 0 radical (unpaired) electrons.